The highest BCUT2D eigenvalue weighted by Crippen LogP contribution is 2.32. The van der Waals surface area contributed by atoms with Crippen LogP contribution < -0.4 is 75.7 Å². The van der Waals surface area contributed by atoms with E-state index in [0.29, 0.717) is 62.1 Å². The van der Waals surface area contributed by atoms with Crippen LogP contribution in [0.5, 0.6) is 0 Å². The highest BCUT2D eigenvalue weighted by Gasteiger charge is 2.44. The number of aromatic nitrogens is 2. The molecule has 0 radical (unpaired) electrons. The number of ether oxygens (including phenoxy) is 2. The monoisotopic (exact) mass is 1650 g/mol. The third-order valence-electron chi connectivity index (χ3n) is 18.7. The lowest BCUT2D eigenvalue weighted by Gasteiger charge is -2.35. The molecule has 3 aromatic carbocycles. The number of primary amides is 2. The molecular formula is C76H109N21O17S2. The Morgan fingerprint density at radius 3 is 1.78 bits per heavy atom. The number of nitrogens with two attached hydrogens (primary N) is 3. The number of benzene rings is 3. The Morgan fingerprint density at radius 1 is 0.595 bits per heavy atom. The highest BCUT2D eigenvalue weighted by atomic mass is 33.1. The summed E-state index contributed by atoms with van der Waals surface area (Å²) in [7, 11) is 2.00. The minimum absolute atomic E-state index is 0.00142. The van der Waals surface area contributed by atoms with Crippen molar-refractivity contribution < 1.29 is 81.7 Å². The number of hydrogen-bond acceptors (Lipinski definition) is 25. The fourth-order valence-corrected chi connectivity index (χ4v) is 14.6. The molecule has 38 nitrogen and oxygen atoms in total. The molecule has 2 aliphatic heterocycles. The van der Waals surface area contributed by atoms with Gasteiger partial charge in [0.1, 0.15) is 61.0 Å². The molecule has 2 aliphatic rings. The van der Waals surface area contributed by atoms with Crippen molar-refractivity contribution in [1.82, 2.24) is 73.4 Å². The molecule has 3 heterocycles. The number of imidazole rings is 1. The van der Waals surface area contributed by atoms with Crippen molar-refractivity contribution in [3.63, 3.8) is 0 Å². The number of rotatable bonds is 54. The fourth-order valence-electron chi connectivity index (χ4n) is 12.3. The fraction of sp³-hybridized carbons (Fsp3) is 0.539. The van der Waals surface area contributed by atoms with Crippen molar-refractivity contribution in [2.45, 2.75) is 184 Å². The van der Waals surface area contributed by atoms with Gasteiger partial charge in [-0.05, 0) is 104 Å². The number of hydrogen-bond donors (Lipinski definition) is 16. The summed E-state index contributed by atoms with van der Waals surface area (Å²) in [5, 5.41) is 55.3. The summed E-state index contributed by atoms with van der Waals surface area (Å²) in [6.45, 7) is 7.67. The van der Waals surface area contributed by atoms with E-state index in [1.165, 1.54) is 43.4 Å². The summed E-state index contributed by atoms with van der Waals surface area (Å²) < 4.78 is 10.7. The van der Waals surface area contributed by atoms with E-state index in [1.807, 2.05) is 13.8 Å². The molecule has 632 valence electrons. The average Bonchev–Trinajstić information content (AvgIpc) is 1.40. The van der Waals surface area contributed by atoms with Crippen molar-refractivity contribution in [3.05, 3.63) is 126 Å². The SMILES string of the molecule is CC[C@H](C)CC(=O)N[C@@H](CCCCNC(=O)COCCOCCNC(C)=O)C(=O)NCCC(=O)N[C@H](CCCCN)C(=O)N[C@@H](CSSC[C@H](NC(=O)[C@@H]1CCCN1C(=O)[C@@H](NC(=O)[C@H](Cc1cnc[nH]1)NC(=O)[C@@H](NC(=O)[C@H](CC1N=NN=N1)NC(=O)c1ccccc1)[C@@H](C)O)C(c1ccccc1)c1ccccc1)C(N)=O)C(N)=O. The molecule has 116 heavy (non-hydrogen) atoms. The Hall–Kier alpha value is -10.8. The maximum Gasteiger partial charge on any atom is 0.251 e. The van der Waals surface area contributed by atoms with E-state index in [-0.39, 0.29) is 132 Å². The van der Waals surface area contributed by atoms with E-state index >= 15 is 9.59 Å². The van der Waals surface area contributed by atoms with Crippen LogP contribution in [0.3, 0.4) is 0 Å². The van der Waals surface area contributed by atoms with Gasteiger partial charge in [0, 0.05) is 93.7 Å². The van der Waals surface area contributed by atoms with Gasteiger partial charge in [-0.3, -0.25) is 67.1 Å². The Bertz CT molecular complexity index is 3860. The zero-order chi connectivity index (χ0) is 84.3. The summed E-state index contributed by atoms with van der Waals surface area (Å²) in [4.78, 5) is 200. The molecule has 4 aromatic rings. The molecule has 0 spiro atoms. The second kappa shape index (κ2) is 51.2. The first-order valence-corrected chi connectivity index (χ1v) is 41.0. The third kappa shape index (κ3) is 33.2. The minimum atomic E-state index is -1.77. The van der Waals surface area contributed by atoms with Gasteiger partial charge >= 0.3 is 0 Å². The molecule has 19 N–H and O–H groups in total. The lowest BCUT2D eigenvalue weighted by Crippen LogP contribution is -2.62. The summed E-state index contributed by atoms with van der Waals surface area (Å²) in [5.74, 6) is -11.1. The number of nitrogens with zero attached hydrogens (tertiary/aromatic N) is 6. The van der Waals surface area contributed by atoms with E-state index in [1.54, 1.807) is 78.9 Å². The highest BCUT2D eigenvalue weighted by molar-refractivity contribution is 8.76. The number of aromatic amines is 1. The van der Waals surface area contributed by atoms with E-state index in [9.17, 15) is 62.6 Å². The molecule has 0 bridgehead atoms. The van der Waals surface area contributed by atoms with Crippen LogP contribution in [0, 0.1) is 5.92 Å². The molecule has 40 heteroatoms. The van der Waals surface area contributed by atoms with Crippen molar-refractivity contribution >= 4 is 104 Å². The van der Waals surface area contributed by atoms with Gasteiger partial charge in [-0.2, -0.15) is 0 Å². The van der Waals surface area contributed by atoms with Gasteiger partial charge in [-0.25, -0.2) is 4.98 Å². The number of H-pyrrole nitrogens is 1. The predicted molar refractivity (Wildman–Crippen MR) is 428 cm³/mol. The molecule has 1 aromatic heterocycles. The van der Waals surface area contributed by atoms with E-state index in [2.05, 4.69) is 89.1 Å². The Morgan fingerprint density at radius 2 is 1.17 bits per heavy atom. The third-order valence-corrected chi connectivity index (χ3v) is 21.1. The van der Waals surface area contributed by atoms with Crippen LogP contribution in [0.2, 0.25) is 0 Å². The van der Waals surface area contributed by atoms with Gasteiger partial charge in [0.2, 0.25) is 76.8 Å². The zero-order valence-electron chi connectivity index (χ0n) is 65.5. The van der Waals surface area contributed by atoms with Crippen LogP contribution in [-0.4, -0.2) is 240 Å². The topological polar surface area (TPSA) is 569 Å². The second-order valence-corrected chi connectivity index (χ2v) is 30.4. The zero-order valence-corrected chi connectivity index (χ0v) is 67.1. The normalized spacial score (nSPS) is 15.6. The number of aliphatic hydroxyl groups excluding tert-OH is 1. The maximum atomic E-state index is 15.7. The molecule has 0 saturated carbocycles. The molecule has 0 aliphatic carbocycles. The number of unbranched alkanes of at least 4 members (excludes halogenated alkanes) is 2. The first-order chi connectivity index (χ1) is 55.8. The van der Waals surface area contributed by atoms with Gasteiger partial charge in [-0.15, -0.1) is 10.2 Å². The number of likely N-dealkylation sites (tertiary alicyclic amines) is 1. The van der Waals surface area contributed by atoms with Gasteiger partial charge in [0.15, 0.2) is 6.17 Å². The minimum Gasteiger partial charge on any atom is -0.391 e. The van der Waals surface area contributed by atoms with Crippen molar-refractivity contribution in [2.24, 2.45) is 43.8 Å². The summed E-state index contributed by atoms with van der Waals surface area (Å²) in [6.07, 6.45) is 2.68. The van der Waals surface area contributed by atoms with Crippen molar-refractivity contribution in [3.8, 4) is 0 Å². The van der Waals surface area contributed by atoms with E-state index < -0.39 is 138 Å². The molecule has 0 unspecified atom stereocenters. The van der Waals surface area contributed by atoms with Crippen LogP contribution in [-0.2, 0) is 78.2 Å². The van der Waals surface area contributed by atoms with Crippen LogP contribution in [0.25, 0.3) is 0 Å². The van der Waals surface area contributed by atoms with Crippen LogP contribution >= 0.6 is 21.6 Å². The second-order valence-electron chi connectivity index (χ2n) is 27.8. The Balaban J connectivity index is 1.08. The molecule has 11 atom stereocenters. The van der Waals surface area contributed by atoms with E-state index in [0.717, 1.165) is 28.0 Å². The smallest absolute Gasteiger partial charge is 0.251 e. The van der Waals surface area contributed by atoms with Gasteiger partial charge in [0.05, 0.1) is 32.3 Å². The number of carbonyl (C=O) groups is 14. The Labute approximate surface area is 680 Å². The average molecular weight is 1650 g/mol. The number of amides is 14. The number of aliphatic hydroxyl groups is 1. The molecule has 1 fully saturated rings. The standard InChI is InChI=1S/C76H109N21O17S2/c1-5-46(2)38-62(101)86-53(27-16-18-31-82-63(102)42-114-37-36-113-35-33-81-48(4)99)70(106)83-32-29-61(100)85-54(26-15-17-30-77)71(107)89-57(67(78)103)43-115-116-44-58(68(79)104)90-74(110)59-28-19-34-97(59)76(112)66(64(49-20-9-6-10-21-49)50-22-11-7-12-23-50)92-72(108)55(39-52-41-80-45-84-52)88-75(111)65(47(3)98)91-73(109)56(40-60-93-95-96-94-60)87-69(105)51-24-13-8-14-25-51/h6-14,20-25,41,45-47,53-60,64-66,98H,5,15-19,26-40,42-44,77H2,1-4H3,(H2,78,103)(H2,79,104)(H,80,84)(H,81,99)(H,82,102)(H,83,106)(H,85,100)(H,86,101)(H,87,105)(H,88,111)(H,89,107)(H,90,110)(H,91,109)(H,92,108)/t46-,47+,53-,54+,55-,56-,57-,58-,59-,65-,66-/m0/s1. The quantitative estimate of drug-likeness (QED) is 0.0201. The summed E-state index contributed by atoms with van der Waals surface area (Å²) in [5.41, 5.74) is 19.1. The van der Waals surface area contributed by atoms with Crippen LogP contribution in [0.4, 0.5) is 0 Å². The number of nitrogens with one attached hydrogen (secondary N) is 12. The first-order valence-electron chi connectivity index (χ1n) is 38.6. The lowest BCUT2D eigenvalue weighted by molar-refractivity contribution is -0.142. The van der Waals surface area contributed by atoms with Crippen molar-refractivity contribution in [1.29, 1.82) is 0 Å². The Kier molecular flexibility index (Phi) is 41.5. The molecule has 1 saturated heterocycles. The van der Waals surface area contributed by atoms with Crippen LogP contribution in [0.1, 0.15) is 138 Å². The van der Waals surface area contributed by atoms with E-state index in [4.69, 9.17) is 26.7 Å². The van der Waals surface area contributed by atoms with Gasteiger partial charge < -0.3 is 100 Å². The van der Waals surface area contributed by atoms with Crippen LogP contribution in [0.15, 0.2) is 124 Å². The largest absolute Gasteiger partial charge is 0.391 e. The predicted octanol–water partition coefficient (Wildman–Crippen LogP) is -0.223. The van der Waals surface area contributed by atoms with Gasteiger partial charge in [-0.1, -0.05) is 121 Å². The van der Waals surface area contributed by atoms with Gasteiger partial charge in [0.25, 0.3) is 5.91 Å². The summed E-state index contributed by atoms with van der Waals surface area (Å²) >= 11 is 0. The maximum absolute atomic E-state index is 15.7. The molecule has 14 amide bonds. The molecular weight excluding hydrogens is 1540 g/mol. The summed E-state index contributed by atoms with van der Waals surface area (Å²) in [6, 6.07) is 13.1. The number of carbonyl (C=O) groups excluding carboxylic acids is 14. The molecule has 6 rings (SSSR count). The first kappa shape index (κ1) is 94.0. The van der Waals surface area contributed by atoms with Crippen molar-refractivity contribution in [2.75, 3.05) is 70.7 Å². The lowest BCUT2D eigenvalue weighted by atomic mass is 9.84.